The molecule has 3 aromatic rings. The quantitative estimate of drug-likeness (QED) is 0.537. The van der Waals surface area contributed by atoms with Crippen molar-refractivity contribution in [1.82, 2.24) is 0 Å². The minimum Gasteiger partial charge on any atom is -0.478 e. The molecule has 0 amide bonds. The van der Waals surface area contributed by atoms with Crippen molar-refractivity contribution in [2.75, 3.05) is 5.32 Å². The second-order valence-corrected chi connectivity index (χ2v) is 5.77. The number of aromatic carboxylic acids is 1. The number of carboxylic acid groups (broad SMARTS) is 1. The highest BCUT2D eigenvalue weighted by molar-refractivity contribution is 5.96. The molecule has 3 aromatic carbocycles. The number of carbonyl (C=O) groups is 1. The Bertz CT molecular complexity index is 1000. The molecule has 0 atom stereocenters. The van der Waals surface area contributed by atoms with Gasteiger partial charge in [-0.3, -0.25) is 0 Å². The van der Waals surface area contributed by atoms with Crippen LogP contribution in [0.15, 0.2) is 66.7 Å². The van der Waals surface area contributed by atoms with E-state index in [0.717, 1.165) is 0 Å². The first-order valence-corrected chi connectivity index (χ1v) is 7.97. The van der Waals surface area contributed by atoms with Gasteiger partial charge in [0.25, 0.3) is 0 Å². The summed E-state index contributed by atoms with van der Waals surface area (Å²) in [5.74, 6) is -2.02. The normalized spacial score (nSPS) is 11.1. The van der Waals surface area contributed by atoms with Crippen LogP contribution in [0.2, 0.25) is 0 Å². The van der Waals surface area contributed by atoms with E-state index >= 15 is 0 Å². The summed E-state index contributed by atoms with van der Waals surface area (Å²) in [6.07, 6.45) is -4.82. The zero-order chi connectivity index (χ0) is 20.3. The minimum absolute atomic E-state index is 0.0456. The van der Waals surface area contributed by atoms with Gasteiger partial charge in [0.2, 0.25) is 0 Å². The van der Waals surface area contributed by atoms with Crippen molar-refractivity contribution in [3.63, 3.8) is 0 Å². The highest BCUT2D eigenvalue weighted by Crippen LogP contribution is 2.31. The van der Waals surface area contributed by atoms with Gasteiger partial charge in [0.05, 0.1) is 11.3 Å². The molecule has 0 spiro atoms. The van der Waals surface area contributed by atoms with Crippen molar-refractivity contribution in [1.29, 1.82) is 0 Å². The van der Waals surface area contributed by atoms with E-state index in [9.17, 15) is 27.5 Å². The number of halogens is 4. The number of carboxylic acids is 1. The molecule has 0 saturated heterocycles. The maximum atomic E-state index is 13.1. The fraction of sp³-hybridized carbons (Fsp3) is 0.0500. The average molecular weight is 391 g/mol. The van der Waals surface area contributed by atoms with Crippen LogP contribution in [0.3, 0.4) is 0 Å². The van der Waals surface area contributed by atoms with E-state index in [2.05, 4.69) is 10.1 Å². The monoisotopic (exact) mass is 391 g/mol. The van der Waals surface area contributed by atoms with Crippen LogP contribution in [0, 0.1) is 5.82 Å². The molecular formula is C20H13F4NO3. The van der Waals surface area contributed by atoms with Crippen molar-refractivity contribution in [2.45, 2.75) is 6.36 Å². The first kappa shape index (κ1) is 19.2. The van der Waals surface area contributed by atoms with E-state index in [1.807, 2.05) is 0 Å². The Morgan fingerprint density at radius 1 is 0.929 bits per heavy atom. The Kier molecular flexibility index (Phi) is 5.21. The summed E-state index contributed by atoms with van der Waals surface area (Å²) in [7, 11) is 0. The van der Waals surface area contributed by atoms with E-state index < -0.39 is 18.1 Å². The summed E-state index contributed by atoms with van der Waals surface area (Å²) in [5.41, 5.74) is 1.49. The molecule has 0 fully saturated rings. The smallest absolute Gasteiger partial charge is 0.478 e. The van der Waals surface area contributed by atoms with Gasteiger partial charge >= 0.3 is 12.3 Å². The number of anilines is 2. The maximum absolute atomic E-state index is 13.1. The van der Waals surface area contributed by atoms with Crippen molar-refractivity contribution in [3.05, 3.63) is 78.1 Å². The lowest BCUT2D eigenvalue weighted by molar-refractivity contribution is -0.274. The SMILES string of the molecule is O=C(O)c1ccc(-c2cccc(OC(F)(F)F)c2)cc1Nc1ccc(F)cc1. The predicted octanol–water partition coefficient (Wildman–Crippen LogP) is 5.83. The summed E-state index contributed by atoms with van der Waals surface area (Å²) >= 11 is 0. The van der Waals surface area contributed by atoms with Gasteiger partial charge in [-0.25, -0.2) is 9.18 Å². The largest absolute Gasteiger partial charge is 0.573 e. The van der Waals surface area contributed by atoms with Crippen LogP contribution in [-0.4, -0.2) is 17.4 Å². The lowest BCUT2D eigenvalue weighted by atomic mass is 10.0. The van der Waals surface area contributed by atoms with Crippen LogP contribution in [0.1, 0.15) is 10.4 Å². The van der Waals surface area contributed by atoms with Crippen LogP contribution in [-0.2, 0) is 0 Å². The van der Waals surface area contributed by atoms with Crippen LogP contribution in [0.5, 0.6) is 5.75 Å². The molecule has 0 unspecified atom stereocenters. The predicted molar refractivity (Wildman–Crippen MR) is 95.2 cm³/mol. The molecule has 0 saturated carbocycles. The molecule has 0 aliphatic carbocycles. The van der Waals surface area contributed by atoms with Crippen LogP contribution in [0.25, 0.3) is 11.1 Å². The Morgan fingerprint density at radius 2 is 1.61 bits per heavy atom. The van der Waals surface area contributed by atoms with Gasteiger partial charge in [-0.2, -0.15) is 0 Å². The third-order valence-electron chi connectivity index (χ3n) is 3.77. The third kappa shape index (κ3) is 4.79. The zero-order valence-corrected chi connectivity index (χ0v) is 14.1. The number of benzene rings is 3. The van der Waals surface area contributed by atoms with E-state index in [1.54, 1.807) is 6.07 Å². The maximum Gasteiger partial charge on any atom is 0.573 e. The first-order chi connectivity index (χ1) is 13.2. The second-order valence-electron chi connectivity index (χ2n) is 5.77. The summed E-state index contributed by atoms with van der Waals surface area (Å²) in [6, 6.07) is 14.9. The molecule has 0 radical (unpaired) electrons. The third-order valence-corrected chi connectivity index (χ3v) is 3.77. The molecule has 8 heteroatoms. The lowest BCUT2D eigenvalue weighted by Crippen LogP contribution is -2.17. The molecule has 0 heterocycles. The summed E-state index contributed by atoms with van der Waals surface area (Å²) in [5, 5.41) is 12.3. The lowest BCUT2D eigenvalue weighted by Gasteiger charge is -2.13. The van der Waals surface area contributed by atoms with Gasteiger partial charge in [0, 0.05) is 5.69 Å². The zero-order valence-electron chi connectivity index (χ0n) is 14.1. The Hall–Kier alpha value is -3.55. The Morgan fingerprint density at radius 3 is 2.25 bits per heavy atom. The van der Waals surface area contributed by atoms with Crippen molar-refractivity contribution >= 4 is 17.3 Å². The van der Waals surface area contributed by atoms with Gasteiger partial charge < -0.3 is 15.2 Å². The molecule has 0 aliphatic rings. The summed E-state index contributed by atoms with van der Waals surface area (Å²) in [4.78, 5) is 11.5. The van der Waals surface area contributed by atoms with Crippen molar-refractivity contribution < 1.29 is 32.2 Å². The highest BCUT2D eigenvalue weighted by atomic mass is 19.4. The van der Waals surface area contributed by atoms with Crippen LogP contribution < -0.4 is 10.1 Å². The molecule has 0 aromatic heterocycles. The van der Waals surface area contributed by atoms with E-state index in [-0.39, 0.29) is 17.0 Å². The molecule has 4 nitrogen and oxygen atoms in total. The molecule has 0 bridgehead atoms. The highest BCUT2D eigenvalue weighted by Gasteiger charge is 2.31. The fourth-order valence-electron chi connectivity index (χ4n) is 2.58. The average Bonchev–Trinajstić information content (AvgIpc) is 2.62. The minimum atomic E-state index is -4.82. The number of hydrogen-bond acceptors (Lipinski definition) is 3. The second kappa shape index (κ2) is 7.59. The van der Waals surface area contributed by atoms with Crippen molar-refractivity contribution in [3.8, 4) is 16.9 Å². The van der Waals surface area contributed by atoms with E-state index in [1.165, 1.54) is 60.7 Å². The van der Waals surface area contributed by atoms with Gasteiger partial charge in [0.1, 0.15) is 11.6 Å². The van der Waals surface area contributed by atoms with Crippen LogP contribution >= 0.6 is 0 Å². The van der Waals surface area contributed by atoms with E-state index in [0.29, 0.717) is 16.8 Å². The molecule has 28 heavy (non-hydrogen) atoms. The number of hydrogen-bond donors (Lipinski definition) is 2. The first-order valence-electron chi connectivity index (χ1n) is 7.97. The summed E-state index contributed by atoms with van der Waals surface area (Å²) < 4.78 is 54.3. The van der Waals surface area contributed by atoms with E-state index in [4.69, 9.17) is 0 Å². The van der Waals surface area contributed by atoms with Crippen LogP contribution in [0.4, 0.5) is 28.9 Å². The van der Waals surface area contributed by atoms with Gasteiger partial charge in [0.15, 0.2) is 0 Å². The Balaban J connectivity index is 1.98. The number of rotatable bonds is 5. The Labute approximate surface area is 157 Å². The molecule has 2 N–H and O–H groups in total. The number of nitrogens with one attached hydrogen (secondary N) is 1. The number of alkyl halides is 3. The number of ether oxygens (including phenoxy) is 1. The molecule has 144 valence electrons. The standard InChI is InChI=1S/C20H13F4NO3/c21-14-5-7-15(8-6-14)25-18-11-13(4-9-17(18)19(26)27)12-2-1-3-16(10-12)28-20(22,23)24/h1-11,25H,(H,26,27). The molecular weight excluding hydrogens is 378 g/mol. The topological polar surface area (TPSA) is 58.6 Å². The van der Waals surface area contributed by atoms with Crippen molar-refractivity contribution in [2.24, 2.45) is 0 Å². The van der Waals surface area contributed by atoms with Gasteiger partial charge in [-0.1, -0.05) is 18.2 Å². The summed E-state index contributed by atoms with van der Waals surface area (Å²) in [6.45, 7) is 0. The molecule has 0 aliphatic heterocycles. The van der Waals surface area contributed by atoms with Gasteiger partial charge in [-0.05, 0) is 59.7 Å². The molecule has 3 rings (SSSR count). The van der Waals surface area contributed by atoms with Gasteiger partial charge in [-0.15, -0.1) is 13.2 Å². The fourth-order valence-corrected chi connectivity index (χ4v) is 2.58.